The number of nitrogens with zero attached hydrogens (tertiary/aromatic N) is 3. The number of hydrogen-bond donors (Lipinski definition) is 2. The largest absolute Gasteiger partial charge is 0.495 e. The molecule has 3 N–H and O–H groups in total. The molecule has 166 valence electrons. The van der Waals surface area contributed by atoms with Crippen LogP contribution in [0.3, 0.4) is 0 Å². The zero-order valence-electron chi connectivity index (χ0n) is 17.5. The lowest BCUT2D eigenvalue weighted by Gasteiger charge is -2.21. The number of aromatic nitrogens is 3. The minimum absolute atomic E-state index is 0.0234. The molecule has 1 fully saturated rings. The Morgan fingerprint density at radius 3 is 2.59 bits per heavy atom. The molecule has 0 spiro atoms. The molecule has 0 atom stereocenters. The first-order chi connectivity index (χ1) is 15.6. The zero-order valence-corrected chi connectivity index (χ0v) is 19.1. The molecule has 1 aliphatic rings. The van der Waals surface area contributed by atoms with Crippen LogP contribution in [0.4, 0.5) is 17.6 Å². The van der Waals surface area contributed by atoms with Gasteiger partial charge >= 0.3 is 5.97 Å². The second-order valence-corrected chi connectivity index (χ2v) is 9.61. The van der Waals surface area contributed by atoms with Crippen LogP contribution in [0.5, 0.6) is 5.75 Å². The van der Waals surface area contributed by atoms with Crippen LogP contribution in [0.15, 0.2) is 48.5 Å². The van der Waals surface area contributed by atoms with Gasteiger partial charge in [0.25, 0.3) is 0 Å². The summed E-state index contributed by atoms with van der Waals surface area (Å²) < 4.78 is 11.1. The SMILES string of the molecule is COc1ccccc1Nc1nc(N)nc(COC(=O)c2ccc(C3SCCCS3)cc2)n1. The van der Waals surface area contributed by atoms with Crippen molar-refractivity contribution in [3.8, 4) is 5.75 Å². The summed E-state index contributed by atoms with van der Waals surface area (Å²) in [6.45, 7) is -0.123. The maximum Gasteiger partial charge on any atom is 0.338 e. The Balaban J connectivity index is 1.39. The molecule has 0 unspecified atom stereocenters. The van der Waals surface area contributed by atoms with Gasteiger partial charge in [0.1, 0.15) is 5.75 Å². The maximum absolute atomic E-state index is 12.5. The van der Waals surface area contributed by atoms with E-state index in [0.717, 1.165) is 0 Å². The zero-order chi connectivity index (χ0) is 22.3. The number of methoxy groups -OCH3 is 1. The molecule has 0 saturated carbocycles. The van der Waals surface area contributed by atoms with E-state index in [1.54, 1.807) is 19.2 Å². The van der Waals surface area contributed by atoms with E-state index in [1.807, 2.05) is 59.9 Å². The molecular weight excluding hydrogens is 446 g/mol. The average molecular weight is 470 g/mol. The number of para-hydroxylation sites is 2. The number of carbonyl (C=O) groups is 1. The molecule has 0 amide bonds. The second-order valence-electron chi connectivity index (χ2n) is 6.88. The number of ether oxygens (including phenoxy) is 2. The van der Waals surface area contributed by atoms with E-state index < -0.39 is 5.97 Å². The third-order valence-electron chi connectivity index (χ3n) is 4.63. The van der Waals surface area contributed by atoms with Crippen LogP contribution >= 0.6 is 23.5 Å². The smallest absolute Gasteiger partial charge is 0.338 e. The van der Waals surface area contributed by atoms with Crippen LogP contribution in [0.1, 0.15) is 32.7 Å². The quantitative estimate of drug-likeness (QED) is 0.482. The van der Waals surface area contributed by atoms with E-state index in [1.165, 1.54) is 23.5 Å². The molecule has 8 nitrogen and oxygen atoms in total. The number of anilines is 3. The summed E-state index contributed by atoms with van der Waals surface area (Å²) in [5.41, 5.74) is 8.19. The number of thioether (sulfide) groups is 2. The molecule has 2 heterocycles. The van der Waals surface area contributed by atoms with E-state index in [9.17, 15) is 4.79 Å². The molecule has 32 heavy (non-hydrogen) atoms. The fraction of sp³-hybridized carbons (Fsp3) is 0.273. The number of hydrogen-bond acceptors (Lipinski definition) is 10. The molecule has 1 saturated heterocycles. The average Bonchev–Trinajstić information content (AvgIpc) is 2.83. The summed E-state index contributed by atoms with van der Waals surface area (Å²) >= 11 is 3.88. The van der Waals surface area contributed by atoms with Crippen molar-refractivity contribution in [2.24, 2.45) is 0 Å². The highest BCUT2D eigenvalue weighted by Crippen LogP contribution is 2.43. The van der Waals surface area contributed by atoms with Gasteiger partial charge in [-0.05, 0) is 47.8 Å². The number of nitrogen functional groups attached to an aromatic ring is 1. The van der Waals surface area contributed by atoms with Gasteiger partial charge in [0, 0.05) is 0 Å². The Kier molecular flexibility index (Phi) is 7.33. The Hall–Kier alpha value is -2.98. The van der Waals surface area contributed by atoms with Crippen molar-refractivity contribution < 1.29 is 14.3 Å². The summed E-state index contributed by atoms with van der Waals surface area (Å²) in [6, 6.07) is 14.9. The summed E-state index contributed by atoms with van der Waals surface area (Å²) in [7, 11) is 1.58. The molecule has 1 aliphatic heterocycles. The number of nitrogens with two attached hydrogens (primary N) is 1. The molecule has 10 heteroatoms. The van der Waals surface area contributed by atoms with Crippen LogP contribution in [0.2, 0.25) is 0 Å². The topological polar surface area (TPSA) is 112 Å². The van der Waals surface area contributed by atoms with E-state index in [0.29, 0.717) is 21.6 Å². The van der Waals surface area contributed by atoms with Crippen LogP contribution in [-0.4, -0.2) is 39.5 Å². The van der Waals surface area contributed by atoms with Gasteiger partial charge in [-0.25, -0.2) is 4.79 Å². The fourth-order valence-corrected chi connectivity index (χ4v) is 5.99. The van der Waals surface area contributed by atoms with Crippen molar-refractivity contribution in [1.82, 2.24) is 15.0 Å². The van der Waals surface area contributed by atoms with Gasteiger partial charge in [0.2, 0.25) is 11.9 Å². The lowest BCUT2D eigenvalue weighted by atomic mass is 10.1. The van der Waals surface area contributed by atoms with E-state index in [-0.39, 0.29) is 24.3 Å². The second kappa shape index (κ2) is 10.6. The molecule has 4 rings (SSSR count). The van der Waals surface area contributed by atoms with E-state index >= 15 is 0 Å². The highest BCUT2D eigenvalue weighted by atomic mass is 32.2. The van der Waals surface area contributed by atoms with Crippen LogP contribution in [-0.2, 0) is 11.3 Å². The molecule has 0 aliphatic carbocycles. The third-order valence-corrected chi connectivity index (χ3v) is 7.65. The first kappa shape index (κ1) is 22.2. The summed E-state index contributed by atoms with van der Waals surface area (Å²) in [4.78, 5) is 24.9. The molecule has 0 bridgehead atoms. The van der Waals surface area contributed by atoms with Crippen molar-refractivity contribution >= 4 is 47.1 Å². The predicted molar refractivity (Wildman–Crippen MR) is 128 cm³/mol. The van der Waals surface area contributed by atoms with Gasteiger partial charge in [0.15, 0.2) is 12.4 Å². The Morgan fingerprint density at radius 1 is 1.09 bits per heavy atom. The van der Waals surface area contributed by atoms with Gasteiger partial charge in [-0.2, -0.15) is 15.0 Å². The van der Waals surface area contributed by atoms with Crippen molar-refractivity contribution in [1.29, 1.82) is 0 Å². The van der Waals surface area contributed by atoms with Crippen molar-refractivity contribution in [3.63, 3.8) is 0 Å². The molecule has 1 aromatic heterocycles. The Morgan fingerprint density at radius 2 is 1.84 bits per heavy atom. The van der Waals surface area contributed by atoms with Gasteiger partial charge in [-0.15, -0.1) is 23.5 Å². The Labute approximate surface area is 194 Å². The van der Waals surface area contributed by atoms with Crippen LogP contribution < -0.4 is 15.8 Å². The highest BCUT2D eigenvalue weighted by molar-refractivity contribution is 8.16. The first-order valence-corrected chi connectivity index (χ1v) is 12.1. The maximum atomic E-state index is 12.5. The lowest BCUT2D eigenvalue weighted by molar-refractivity contribution is 0.0462. The highest BCUT2D eigenvalue weighted by Gasteiger charge is 2.17. The molecular formula is C22H23N5O3S2. The molecule has 3 aromatic rings. The number of esters is 1. The summed E-state index contributed by atoms with van der Waals surface area (Å²) in [6.07, 6.45) is 1.24. The molecule has 0 radical (unpaired) electrons. The monoisotopic (exact) mass is 469 g/mol. The fourth-order valence-electron chi connectivity index (χ4n) is 3.10. The number of rotatable bonds is 7. The van der Waals surface area contributed by atoms with Crippen LogP contribution in [0, 0.1) is 0 Å². The number of carbonyl (C=O) groups excluding carboxylic acids is 1. The van der Waals surface area contributed by atoms with Gasteiger partial charge < -0.3 is 20.5 Å². The number of nitrogens with one attached hydrogen (secondary N) is 1. The van der Waals surface area contributed by atoms with Gasteiger partial charge in [-0.1, -0.05) is 24.3 Å². The van der Waals surface area contributed by atoms with Gasteiger partial charge in [-0.3, -0.25) is 0 Å². The minimum Gasteiger partial charge on any atom is -0.495 e. The summed E-state index contributed by atoms with van der Waals surface area (Å²) in [5.74, 6) is 3.03. The molecule has 2 aromatic carbocycles. The van der Waals surface area contributed by atoms with E-state index in [4.69, 9.17) is 15.2 Å². The summed E-state index contributed by atoms with van der Waals surface area (Å²) in [5, 5.41) is 3.05. The lowest BCUT2D eigenvalue weighted by Crippen LogP contribution is -2.11. The van der Waals surface area contributed by atoms with Gasteiger partial charge in [0.05, 0.1) is 22.9 Å². The normalized spacial score (nSPS) is 14.0. The minimum atomic E-state index is -0.446. The third kappa shape index (κ3) is 5.63. The standard InChI is InChI=1S/C22H23N5O3S2/c1-29-17-6-3-2-5-16(17)24-22-26-18(25-21(23)27-22)13-30-19(28)14-7-9-15(10-8-14)20-31-11-4-12-32-20/h2-3,5-10,20H,4,11-13H2,1H3,(H3,23,24,25,26,27). The van der Waals surface area contributed by atoms with Crippen LogP contribution in [0.25, 0.3) is 0 Å². The number of benzene rings is 2. The Bertz CT molecular complexity index is 1080. The van der Waals surface area contributed by atoms with Crippen molar-refractivity contribution in [2.45, 2.75) is 17.6 Å². The van der Waals surface area contributed by atoms with Crippen molar-refractivity contribution in [2.75, 3.05) is 29.7 Å². The first-order valence-electron chi connectivity index (χ1n) is 10.0. The predicted octanol–water partition coefficient (Wildman–Crippen LogP) is 4.43. The van der Waals surface area contributed by atoms with Crippen molar-refractivity contribution in [3.05, 3.63) is 65.5 Å². The van der Waals surface area contributed by atoms with E-state index in [2.05, 4.69) is 20.3 Å².